The van der Waals surface area contributed by atoms with Gasteiger partial charge in [0.2, 0.25) is 10.0 Å². The molecule has 3 rings (SSSR count). The molecular weight excluding hydrogens is 325 g/mol. The molecule has 0 aromatic heterocycles. The van der Waals surface area contributed by atoms with Crippen molar-refractivity contribution < 1.29 is 12.8 Å². The van der Waals surface area contributed by atoms with Crippen molar-refractivity contribution in [2.45, 2.75) is 18.4 Å². The van der Waals surface area contributed by atoms with E-state index < -0.39 is 10.0 Å². The molecule has 0 N–H and O–H groups in total. The van der Waals surface area contributed by atoms with Gasteiger partial charge in [-0.1, -0.05) is 49.4 Å². The smallest absolute Gasteiger partial charge is 0.207 e. The number of nitrogens with zero attached hydrogens (tertiary/aromatic N) is 1. The minimum atomic E-state index is -3.64. The first-order valence-corrected chi connectivity index (χ1v) is 9.18. The fourth-order valence-electron chi connectivity index (χ4n) is 2.68. The second kappa shape index (κ2) is 6.71. The summed E-state index contributed by atoms with van der Waals surface area (Å²) in [6.07, 6.45) is 0. The fourth-order valence-corrected chi connectivity index (χ4v) is 4.16. The third-order valence-corrected chi connectivity index (χ3v) is 5.88. The van der Waals surface area contributed by atoms with Crippen molar-refractivity contribution in [2.75, 3.05) is 6.54 Å². The number of rotatable bonds is 5. The first-order chi connectivity index (χ1) is 11.5. The Balaban J connectivity index is 1.96. The zero-order valence-corrected chi connectivity index (χ0v) is 14.1. The highest BCUT2D eigenvalue weighted by molar-refractivity contribution is 7.89. The Morgan fingerprint density at radius 3 is 2.38 bits per heavy atom. The predicted octanol–water partition coefficient (Wildman–Crippen LogP) is 4.19. The van der Waals surface area contributed by atoms with Crippen LogP contribution in [0.25, 0.3) is 10.8 Å². The van der Waals surface area contributed by atoms with Gasteiger partial charge in [0.25, 0.3) is 0 Å². The van der Waals surface area contributed by atoms with E-state index in [1.807, 2.05) is 24.3 Å². The molecule has 3 nitrogen and oxygen atoms in total. The molecule has 0 fully saturated rings. The molecule has 5 heteroatoms. The van der Waals surface area contributed by atoms with Crippen molar-refractivity contribution in [2.24, 2.45) is 0 Å². The second-order valence-corrected chi connectivity index (χ2v) is 7.51. The van der Waals surface area contributed by atoms with Gasteiger partial charge in [-0.3, -0.25) is 0 Å². The number of fused-ring (bicyclic) bond motifs is 1. The largest absolute Gasteiger partial charge is 0.243 e. The Morgan fingerprint density at radius 1 is 0.917 bits per heavy atom. The maximum absolute atomic E-state index is 13.3. The van der Waals surface area contributed by atoms with E-state index in [1.165, 1.54) is 16.4 Å². The van der Waals surface area contributed by atoms with E-state index >= 15 is 0 Å². The average molecular weight is 343 g/mol. The minimum absolute atomic E-state index is 0.142. The lowest BCUT2D eigenvalue weighted by molar-refractivity contribution is 0.422. The zero-order chi connectivity index (χ0) is 17.2. The van der Waals surface area contributed by atoms with E-state index in [1.54, 1.807) is 37.3 Å². The highest BCUT2D eigenvalue weighted by atomic mass is 32.2. The number of hydrogen-bond acceptors (Lipinski definition) is 2. The van der Waals surface area contributed by atoms with Crippen LogP contribution in [0.15, 0.2) is 71.6 Å². The van der Waals surface area contributed by atoms with Crippen LogP contribution in [0, 0.1) is 5.82 Å². The number of sulfonamides is 1. The van der Waals surface area contributed by atoms with E-state index in [2.05, 4.69) is 0 Å². The maximum Gasteiger partial charge on any atom is 0.243 e. The van der Waals surface area contributed by atoms with E-state index in [4.69, 9.17) is 0 Å². The second-order valence-electron chi connectivity index (χ2n) is 5.57. The minimum Gasteiger partial charge on any atom is -0.207 e. The quantitative estimate of drug-likeness (QED) is 0.696. The van der Waals surface area contributed by atoms with Crippen LogP contribution in [0.1, 0.15) is 12.5 Å². The van der Waals surface area contributed by atoms with Crippen molar-refractivity contribution in [3.8, 4) is 0 Å². The van der Waals surface area contributed by atoms with Crippen LogP contribution in [-0.2, 0) is 16.6 Å². The number of halogens is 1. The molecule has 0 bridgehead atoms. The summed E-state index contributed by atoms with van der Waals surface area (Å²) in [6.45, 7) is 2.23. The predicted molar refractivity (Wildman–Crippen MR) is 93.6 cm³/mol. The Morgan fingerprint density at radius 2 is 1.67 bits per heavy atom. The lowest BCUT2D eigenvalue weighted by atomic mass is 10.1. The summed E-state index contributed by atoms with van der Waals surface area (Å²) in [7, 11) is -3.64. The summed E-state index contributed by atoms with van der Waals surface area (Å²) in [4.78, 5) is 0.249. The van der Waals surface area contributed by atoms with Crippen molar-refractivity contribution in [1.82, 2.24) is 4.31 Å². The maximum atomic E-state index is 13.3. The van der Waals surface area contributed by atoms with Gasteiger partial charge in [0.15, 0.2) is 0 Å². The van der Waals surface area contributed by atoms with Crippen molar-refractivity contribution in [1.29, 1.82) is 0 Å². The molecule has 0 heterocycles. The lowest BCUT2D eigenvalue weighted by Crippen LogP contribution is -2.30. The number of benzene rings is 3. The lowest BCUT2D eigenvalue weighted by Gasteiger charge is -2.21. The molecular formula is C19H18FNO2S. The molecule has 24 heavy (non-hydrogen) atoms. The van der Waals surface area contributed by atoms with Crippen LogP contribution in [-0.4, -0.2) is 19.3 Å². The Hall–Kier alpha value is -2.24. The molecule has 0 saturated heterocycles. The van der Waals surface area contributed by atoms with Crippen molar-refractivity contribution in [3.05, 3.63) is 78.1 Å². The summed E-state index contributed by atoms with van der Waals surface area (Å²) in [5.74, 6) is -0.369. The Labute approximate surface area is 141 Å². The first-order valence-electron chi connectivity index (χ1n) is 7.74. The van der Waals surface area contributed by atoms with Gasteiger partial charge in [0.1, 0.15) is 5.82 Å². The monoisotopic (exact) mass is 343 g/mol. The van der Waals surface area contributed by atoms with Gasteiger partial charge >= 0.3 is 0 Å². The van der Waals surface area contributed by atoms with Crippen LogP contribution < -0.4 is 0 Å². The topological polar surface area (TPSA) is 37.4 Å². The fraction of sp³-hybridized carbons (Fsp3) is 0.158. The Bertz CT molecular complexity index is 970. The van der Waals surface area contributed by atoms with E-state index in [0.29, 0.717) is 12.1 Å². The van der Waals surface area contributed by atoms with Crippen molar-refractivity contribution >= 4 is 20.8 Å². The molecule has 0 amide bonds. The van der Waals surface area contributed by atoms with Gasteiger partial charge in [-0.25, -0.2) is 12.8 Å². The first kappa shape index (κ1) is 16.6. The van der Waals surface area contributed by atoms with Crippen LogP contribution in [0.3, 0.4) is 0 Å². The van der Waals surface area contributed by atoms with E-state index in [9.17, 15) is 12.8 Å². The van der Waals surface area contributed by atoms with E-state index in [-0.39, 0.29) is 17.3 Å². The van der Waals surface area contributed by atoms with Crippen LogP contribution >= 0.6 is 0 Å². The normalized spacial score (nSPS) is 12.0. The third-order valence-electron chi connectivity index (χ3n) is 3.96. The molecule has 0 aliphatic carbocycles. The summed E-state index contributed by atoms with van der Waals surface area (Å²) in [6, 6.07) is 18.7. The SMILES string of the molecule is CCN(Cc1cccc(F)c1)S(=O)(=O)c1ccc2ccccc2c1. The molecule has 0 unspecified atom stereocenters. The summed E-state index contributed by atoms with van der Waals surface area (Å²) in [5.41, 5.74) is 0.626. The molecule has 3 aromatic rings. The van der Waals surface area contributed by atoms with Crippen molar-refractivity contribution in [3.63, 3.8) is 0 Å². The van der Waals surface area contributed by atoms with Gasteiger partial charge in [0.05, 0.1) is 4.90 Å². The number of hydrogen-bond donors (Lipinski definition) is 0. The molecule has 0 spiro atoms. The summed E-state index contributed by atoms with van der Waals surface area (Å²) < 4.78 is 40.6. The molecule has 0 aliphatic heterocycles. The molecule has 0 aliphatic rings. The molecule has 0 saturated carbocycles. The van der Waals surface area contributed by atoms with Gasteiger partial charge in [-0.2, -0.15) is 4.31 Å². The standard InChI is InChI=1S/C19H18FNO2S/c1-2-21(14-15-6-5-9-18(20)12-15)24(22,23)19-11-10-16-7-3-4-8-17(16)13-19/h3-13H,2,14H2,1H3. The highest BCUT2D eigenvalue weighted by Crippen LogP contribution is 2.23. The summed E-state index contributed by atoms with van der Waals surface area (Å²) >= 11 is 0. The molecule has 0 atom stereocenters. The molecule has 3 aromatic carbocycles. The molecule has 0 radical (unpaired) electrons. The van der Waals surface area contributed by atoms with Gasteiger partial charge in [0, 0.05) is 13.1 Å². The average Bonchev–Trinajstić information content (AvgIpc) is 2.59. The van der Waals surface area contributed by atoms with Crippen LogP contribution in [0.4, 0.5) is 4.39 Å². The van der Waals surface area contributed by atoms with Crippen LogP contribution in [0.2, 0.25) is 0 Å². The van der Waals surface area contributed by atoms with Crippen LogP contribution in [0.5, 0.6) is 0 Å². The zero-order valence-electron chi connectivity index (χ0n) is 13.3. The summed E-state index contributed by atoms with van der Waals surface area (Å²) in [5, 5.41) is 1.87. The van der Waals surface area contributed by atoms with E-state index in [0.717, 1.165) is 10.8 Å². The van der Waals surface area contributed by atoms with Gasteiger partial charge in [-0.05, 0) is 40.6 Å². The Kier molecular flexibility index (Phi) is 4.64. The van der Waals surface area contributed by atoms with Gasteiger partial charge in [-0.15, -0.1) is 0 Å². The molecule has 124 valence electrons. The highest BCUT2D eigenvalue weighted by Gasteiger charge is 2.23. The third kappa shape index (κ3) is 3.32. The van der Waals surface area contributed by atoms with Gasteiger partial charge < -0.3 is 0 Å².